The molecule has 0 radical (unpaired) electrons. The van der Waals surface area contributed by atoms with Gasteiger partial charge in [0.1, 0.15) is 17.1 Å². The molecule has 10 nitrogen and oxygen atoms in total. The van der Waals surface area contributed by atoms with Crippen LogP contribution in [0.1, 0.15) is 65.7 Å². The zero-order chi connectivity index (χ0) is 30.8. The van der Waals surface area contributed by atoms with Crippen LogP contribution in [0, 0.1) is 0 Å². The Morgan fingerprint density at radius 1 is 0.814 bits per heavy atom. The Labute approximate surface area is 252 Å². The highest BCUT2D eigenvalue weighted by Gasteiger charge is 2.20. The van der Waals surface area contributed by atoms with E-state index in [-0.39, 0.29) is 22.9 Å². The lowest BCUT2D eigenvalue weighted by Gasteiger charge is -2.11. The summed E-state index contributed by atoms with van der Waals surface area (Å²) >= 11 is 5.88. The van der Waals surface area contributed by atoms with E-state index in [1.54, 1.807) is 48.5 Å². The zero-order valence-corrected chi connectivity index (χ0v) is 24.1. The van der Waals surface area contributed by atoms with Gasteiger partial charge in [-0.2, -0.15) is 0 Å². The van der Waals surface area contributed by atoms with Gasteiger partial charge in [0, 0.05) is 39.8 Å². The molecule has 2 amide bonds. The summed E-state index contributed by atoms with van der Waals surface area (Å²) in [6.45, 7) is 0.483. The number of fused-ring (bicyclic) bond motifs is 1. The molecule has 0 atom stereocenters. The molecule has 0 unspecified atom stereocenters. The van der Waals surface area contributed by atoms with Crippen LogP contribution in [0.15, 0.2) is 71.5 Å². The molecule has 0 saturated carbocycles. The number of pyridine rings is 1. The Kier molecular flexibility index (Phi) is 10.8. The number of amides is 2. The molecule has 11 heteroatoms. The molecule has 1 heterocycles. The minimum Gasteiger partial charge on any atom is -0.506 e. The highest BCUT2D eigenvalue weighted by atomic mass is 35.5. The Hall–Kier alpha value is -4.83. The largest absolute Gasteiger partial charge is 0.506 e. The van der Waals surface area contributed by atoms with Crippen molar-refractivity contribution in [2.45, 2.75) is 44.9 Å². The van der Waals surface area contributed by atoms with Crippen LogP contribution in [0.2, 0.25) is 5.02 Å². The van der Waals surface area contributed by atoms with E-state index in [9.17, 15) is 24.3 Å². The van der Waals surface area contributed by atoms with Crippen molar-refractivity contribution in [2.24, 2.45) is 0 Å². The van der Waals surface area contributed by atoms with E-state index in [2.05, 4.69) is 15.6 Å². The van der Waals surface area contributed by atoms with E-state index in [4.69, 9.17) is 21.4 Å². The predicted octanol–water partition coefficient (Wildman–Crippen LogP) is 6.59. The van der Waals surface area contributed by atoms with Crippen LogP contribution in [0.5, 0.6) is 11.5 Å². The van der Waals surface area contributed by atoms with Gasteiger partial charge in [-0.1, -0.05) is 43.4 Å². The summed E-state index contributed by atoms with van der Waals surface area (Å²) in [5.41, 5.74) is 0.0810. The van der Waals surface area contributed by atoms with Crippen LogP contribution < -0.4 is 20.9 Å². The number of halogens is 1. The minimum absolute atomic E-state index is 0.193. The molecule has 3 aromatic carbocycles. The summed E-state index contributed by atoms with van der Waals surface area (Å²) in [5, 5.41) is 25.6. The lowest BCUT2D eigenvalue weighted by atomic mass is 10.1. The van der Waals surface area contributed by atoms with Crippen LogP contribution >= 0.6 is 11.6 Å². The number of aliphatic carboxylic acids is 1. The highest BCUT2D eigenvalue weighted by molar-refractivity contribution is 6.30. The number of H-pyrrole nitrogens is 1. The number of carboxylic acids is 1. The number of hydrogen-bond donors (Lipinski definition) is 5. The molecular weight excluding hydrogens is 574 g/mol. The molecule has 0 spiro atoms. The van der Waals surface area contributed by atoms with Crippen LogP contribution in [0.4, 0.5) is 11.4 Å². The normalized spacial score (nSPS) is 10.8. The maximum absolute atomic E-state index is 13.0. The van der Waals surface area contributed by atoms with Gasteiger partial charge >= 0.3 is 5.97 Å². The van der Waals surface area contributed by atoms with Crippen molar-refractivity contribution < 1.29 is 29.3 Å². The maximum Gasteiger partial charge on any atom is 0.303 e. The molecule has 0 bridgehead atoms. The second-order valence-corrected chi connectivity index (χ2v) is 10.4. The molecule has 0 saturated heterocycles. The SMILES string of the molecule is O=C(O)CCCCCCCCOc1cccc(NC(=O)c2c(O)c3ccc(C(=O)Nc4ccc(Cl)cc4)cc3[nH]c2=O)c1. The fourth-order valence-electron chi connectivity index (χ4n) is 4.50. The van der Waals surface area contributed by atoms with Gasteiger partial charge in [-0.25, -0.2) is 0 Å². The number of rotatable bonds is 14. The van der Waals surface area contributed by atoms with Gasteiger partial charge in [-0.3, -0.25) is 19.2 Å². The molecule has 0 fully saturated rings. The number of carboxylic acid groups (broad SMARTS) is 1. The molecule has 4 rings (SSSR count). The maximum atomic E-state index is 13.0. The first-order valence-corrected chi connectivity index (χ1v) is 14.3. The summed E-state index contributed by atoms with van der Waals surface area (Å²) in [6.07, 6.45) is 5.57. The van der Waals surface area contributed by atoms with Gasteiger partial charge in [-0.05, 0) is 67.4 Å². The number of anilines is 2. The Balaban J connectivity index is 1.35. The number of unbranched alkanes of at least 4 members (excludes halogenated alkanes) is 5. The summed E-state index contributed by atoms with van der Waals surface area (Å²) in [4.78, 5) is 51.7. The number of ether oxygens (including phenoxy) is 1. The third-order valence-corrected chi connectivity index (χ3v) is 6.98. The Bertz CT molecular complexity index is 1670. The van der Waals surface area contributed by atoms with E-state index in [0.717, 1.165) is 32.1 Å². The molecule has 4 aromatic rings. The number of aromatic hydroxyl groups is 1. The molecule has 5 N–H and O–H groups in total. The van der Waals surface area contributed by atoms with E-state index in [0.29, 0.717) is 35.2 Å². The number of aromatic nitrogens is 1. The van der Waals surface area contributed by atoms with Crippen molar-refractivity contribution in [1.82, 2.24) is 4.98 Å². The van der Waals surface area contributed by atoms with Crippen molar-refractivity contribution in [3.8, 4) is 11.5 Å². The van der Waals surface area contributed by atoms with E-state index in [1.165, 1.54) is 18.2 Å². The van der Waals surface area contributed by atoms with E-state index < -0.39 is 34.7 Å². The summed E-state index contributed by atoms with van der Waals surface area (Å²) < 4.78 is 5.79. The van der Waals surface area contributed by atoms with Gasteiger partial charge < -0.3 is 30.6 Å². The number of carbonyl (C=O) groups is 3. The average molecular weight is 606 g/mol. The molecule has 224 valence electrons. The summed E-state index contributed by atoms with van der Waals surface area (Å²) in [6, 6.07) is 17.7. The van der Waals surface area contributed by atoms with Crippen LogP contribution in [0.25, 0.3) is 10.9 Å². The average Bonchev–Trinajstić information content (AvgIpc) is 2.97. The Morgan fingerprint density at radius 2 is 1.51 bits per heavy atom. The molecule has 0 aliphatic carbocycles. The topological polar surface area (TPSA) is 158 Å². The van der Waals surface area contributed by atoms with Gasteiger partial charge in [0.15, 0.2) is 0 Å². The second-order valence-electron chi connectivity index (χ2n) is 9.99. The lowest BCUT2D eigenvalue weighted by Crippen LogP contribution is -2.23. The summed E-state index contributed by atoms with van der Waals surface area (Å²) in [5.74, 6) is -1.95. The standard InChI is InChI=1S/C32H32ClN3O7/c33-21-12-14-22(15-13-21)34-30(40)20-11-16-25-26(18-20)36-32(42)28(29(25)39)31(41)35-23-8-7-9-24(19-23)43-17-6-4-2-1-3-5-10-27(37)38/h7-9,11-16,18-19H,1-6,10,17H2,(H,34,40)(H,35,41)(H,37,38)(H2,36,39,42). The molecule has 1 aromatic heterocycles. The molecular formula is C32H32ClN3O7. The zero-order valence-electron chi connectivity index (χ0n) is 23.3. The van der Waals surface area contributed by atoms with Crippen LogP contribution in [-0.4, -0.2) is 39.6 Å². The molecule has 0 aliphatic heterocycles. The van der Waals surface area contributed by atoms with Crippen molar-refractivity contribution in [3.63, 3.8) is 0 Å². The van der Waals surface area contributed by atoms with E-state index >= 15 is 0 Å². The highest BCUT2D eigenvalue weighted by Crippen LogP contribution is 2.27. The number of benzene rings is 3. The second kappa shape index (κ2) is 14.9. The molecule has 0 aliphatic rings. The fourth-order valence-corrected chi connectivity index (χ4v) is 4.63. The smallest absolute Gasteiger partial charge is 0.303 e. The fraction of sp³-hybridized carbons (Fsp3) is 0.250. The quantitative estimate of drug-likeness (QED) is 0.101. The van der Waals surface area contributed by atoms with Gasteiger partial charge in [-0.15, -0.1) is 0 Å². The number of hydrogen-bond acceptors (Lipinski definition) is 6. The van der Waals surface area contributed by atoms with E-state index in [1.807, 2.05) is 0 Å². The van der Waals surface area contributed by atoms with Crippen LogP contribution in [-0.2, 0) is 4.79 Å². The summed E-state index contributed by atoms with van der Waals surface area (Å²) in [7, 11) is 0. The van der Waals surface area contributed by atoms with Crippen molar-refractivity contribution in [2.75, 3.05) is 17.2 Å². The van der Waals surface area contributed by atoms with Crippen molar-refractivity contribution >= 4 is 51.7 Å². The number of aromatic amines is 1. The minimum atomic E-state index is -0.812. The Morgan fingerprint density at radius 3 is 2.26 bits per heavy atom. The first-order chi connectivity index (χ1) is 20.7. The third-order valence-electron chi connectivity index (χ3n) is 6.72. The van der Waals surface area contributed by atoms with Crippen LogP contribution in [0.3, 0.4) is 0 Å². The van der Waals surface area contributed by atoms with Gasteiger partial charge in [0.2, 0.25) is 0 Å². The van der Waals surface area contributed by atoms with Gasteiger partial charge in [0.05, 0.1) is 12.1 Å². The first-order valence-electron chi connectivity index (χ1n) is 13.9. The third kappa shape index (κ3) is 8.83. The monoisotopic (exact) mass is 605 g/mol. The predicted molar refractivity (Wildman–Crippen MR) is 165 cm³/mol. The van der Waals surface area contributed by atoms with Crippen molar-refractivity contribution in [1.29, 1.82) is 0 Å². The molecule has 43 heavy (non-hydrogen) atoms. The number of carbonyl (C=O) groups excluding carboxylic acids is 2. The lowest BCUT2D eigenvalue weighted by molar-refractivity contribution is -0.137. The van der Waals surface area contributed by atoms with Gasteiger partial charge in [0.25, 0.3) is 17.4 Å². The number of nitrogens with one attached hydrogen (secondary N) is 3. The van der Waals surface area contributed by atoms with Crippen molar-refractivity contribution in [3.05, 3.63) is 93.2 Å². The first kappa shape index (κ1) is 31.1.